The van der Waals surface area contributed by atoms with Crippen molar-refractivity contribution in [1.82, 2.24) is 19.6 Å². The summed E-state index contributed by atoms with van der Waals surface area (Å²) < 4.78 is 4.15. The van der Waals surface area contributed by atoms with Crippen molar-refractivity contribution in [3.05, 3.63) is 18.0 Å². The number of aliphatic hydroxyl groups excluding tert-OH is 1. The Morgan fingerprint density at radius 3 is 2.65 bits per heavy atom. The second kappa shape index (κ2) is 5.80. The first-order valence-electron chi connectivity index (χ1n) is 6.76. The summed E-state index contributed by atoms with van der Waals surface area (Å²) in [4.78, 5) is 6.52. The molecule has 1 N–H and O–H groups in total. The van der Waals surface area contributed by atoms with Gasteiger partial charge in [-0.05, 0) is 49.3 Å². The molecular weight excluding hydrogens is 274 g/mol. The monoisotopic (exact) mass is 291 g/mol. The number of rotatable bonds is 3. The van der Waals surface area contributed by atoms with E-state index in [1.54, 1.807) is 0 Å². The predicted octanol–water partition coefficient (Wildman–Crippen LogP) is 1.51. The van der Waals surface area contributed by atoms with Gasteiger partial charge in [0.15, 0.2) is 10.8 Å². The Hall–Kier alpha value is -1.60. The summed E-state index contributed by atoms with van der Waals surface area (Å²) in [6, 6.07) is 3.93. The third-order valence-corrected chi connectivity index (χ3v) is 4.42. The van der Waals surface area contributed by atoms with Crippen LogP contribution in [0, 0.1) is 12.8 Å². The van der Waals surface area contributed by atoms with Crippen molar-refractivity contribution in [3.8, 4) is 10.7 Å². The van der Waals surface area contributed by atoms with E-state index in [1.165, 1.54) is 11.5 Å². The van der Waals surface area contributed by atoms with Gasteiger partial charge in [-0.15, -0.1) is 10.2 Å². The highest BCUT2D eigenvalue weighted by molar-refractivity contribution is 7.09. The Kier molecular flexibility index (Phi) is 3.88. The van der Waals surface area contributed by atoms with Gasteiger partial charge in [0, 0.05) is 19.7 Å². The van der Waals surface area contributed by atoms with Crippen molar-refractivity contribution in [2.24, 2.45) is 5.92 Å². The number of hydrogen-bond acceptors (Lipinski definition) is 7. The molecule has 1 aliphatic rings. The van der Waals surface area contributed by atoms with Gasteiger partial charge < -0.3 is 10.0 Å². The van der Waals surface area contributed by atoms with Crippen LogP contribution in [0.5, 0.6) is 0 Å². The third-order valence-electron chi connectivity index (χ3n) is 3.59. The van der Waals surface area contributed by atoms with Gasteiger partial charge in [-0.2, -0.15) is 4.37 Å². The van der Waals surface area contributed by atoms with E-state index in [2.05, 4.69) is 24.5 Å². The third kappa shape index (κ3) is 2.78. The Bertz CT molecular complexity index is 562. The summed E-state index contributed by atoms with van der Waals surface area (Å²) in [5.41, 5.74) is 0.768. The number of aromatic nitrogens is 4. The second-order valence-electron chi connectivity index (χ2n) is 5.04. The van der Waals surface area contributed by atoms with Crippen molar-refractivity contribution in [2.75, 3.05) is 24.6 Å². The van der Waals surface area contributed by atoms with E-state index >= 15 is 0 Å². The zero-order chi connectivity index (χ0) is 13.9. The van der Waals surface area contributed by atoms with Gasteiger partial charge in [-0.1, -0.05) is 0 Å². The Labute approximate surface area is 121 Å². The number of anilines is 1. The van der Waals surface area contributed by atoms with E-state index in [0.717, 1.165) is 48.3 Å². The number of aliphatic hydroxyl groups is 1. The SMILES string of the molecule is Cc1nsc(-c2ccc(N3CCC(CO)CC3)nn2)n1. The first-order chi connectivity index (χ1) is 9.76. The molecule has 2 aromatic heterocycles. The van der Waals surface area contributed by atoms with Crippen LogP contribution in [-0.2, 0) is 0 Å². The number of hydrogen-bond donors (Lipinski definition) is 1. The summed E-state index contributed by atoms with van der Waals surface area (Å²) in [6.45, 7) is 4.01. The minimum atomic E-state index is 0.287. The van der Waals surface area contributed by atoms with Crippen LogP contribution in [0.2, 0.25) is 0 Å². The zero-order valence-corrected chi connectivity index (χ0v) is 12.2. The predicted molar refractivity (Wildman–Crippen MR) is 77.7 cm³/mol. The van der Waals surface area contributed by atoms with E-state index in [9.17, 15) is 0 Å². The molecule has 2 aromatic rings. The Balaban J connectivity index is 1.70. The van der Waals surface area contributed by atoms with Crippen LogP contribution in [0.1, 0.15) is 18.7 Å². The molecule has 0 unspecified atom stereocenters. The van der Waals surface area contributed by atoms with Gasteiger partial charge in [0.25, 0.3) is 0 Å². The van der Waals surface area contributed by atoms with E-state index in [-0.39, 0.29) is 6.61 Å². The molecule has 0 bridgehead atoms. The lowest BCUT2D eigenvalue weighted by molar-refractivity contribution is 0.202. The van der Waals surface area contributed by atoms with Crippen LogP contribution in [0.15, 0.2) is 12.1 Å². The molecule has 0 atom stereocenters. The van der Waals surface area contributed by atoms with E-state index in [1.807, 2.05) is 19.1 Å². The smallest absolute Gasteiger partial charge is 0.164 e. The van der Waals surface area contributed by atoms with Gasteiger partial charge >= 0.3 is 0 Å². The standard InChI is InChI=1S/C13H17N5OS/c1-9-14-13(20-17-9)11-2-3-12(16-15-11)18-6-4-10(8-19)5-7-18/h2-3,10,19H,4-8H2,1H3. The van der Waals surface area contributed by atoms with Crippen molar-refractivity contribution in [2.45, 2.75) is 19.8 Å². The van der Waals surface area contributed by atoms with E-state index in [4.69, 9.17) is 5.11 Å². The summed E-state index contributed by atoms with van der Waals surface area (Å²) in [5.74, 6) is 2.09. The molecule has 20 heavy (non-hydrogen) atoms. The maximum absolute atomic E-state index is 9.15. The fourth-order valence-corrected chi connectivity index (χ4v) is 2.99. The molecule has 0 aliphatic carbocycles. The van der Waals surface area contributed by atoms with Gasteiger partial charge in [0.05, 0.1) is 0 Å². The number of aryl methyl sites for hydroxylation is 1. The van der Waals surface area contributed by atoms with Gasteiger partial charge in [0.1, 0.15) is 11.5 Å². The van der Waals surface area contributed by atoms with Crippen molar-refractivity contribution in [3.63, 3.8) is 0 Å². The first kappa shape index (κ1) is 13.4. The van der Waals surface area contributed by atoms with E-state index in [0.29, 0.717) is 5.92 Å². The molecule has 1 fully saturated rings. The average Bonchev–Trinajstić information content (AvgIpc) is 2.94. The summed E-state index contributed by atoms with van der Waals surface area (Å²) >= 11 is 1.34. The normalized spacial score (nSPS) is 16.6. The highest BCUT2D eigenvalue weighted by atomic mass is 32.1. The maximum Gasteiger partial charge on any atom is 0.164 e. The lowest BCUT2D eigenvalue weighted by Gasteiger charge is -2.31. The molecule has 1 saturated heterocycles. The van der Waals surface area contributed by atoms with Crippen LogP contribution >= 0.6 is 11.5 Å². The highest BCUT2D eigenvalue weighted by Gasteiger charge is 2.19. The minimum absolute atomic E-state index is 0.287. The number of nitrogens with zero attached hydrogens (tertiary/aromatic N) is 5. The van der Waals surface area contributed by atoms with Crippen molar-refractivity contribution >= 4 is 17.4 Å². The Morgan fingerprint density at radius 1 is 1.30 bits per heavy atom. The van der Waals surface area contributed by atoms with Crippen LogP contribution in [0.3, 0.4) is 0 Å². The molecule has 3 heterocycles. The second-order valence-corrected chi connectivity index (χ2v) is 5.79. The van der Waals surface area contributed by atoms with Crippen molar-refractivity contribution < 1.29 is 5.11 Å². The Morgan fingerprint density at radius 2 is 2.10 bits per heavy atom. The fraction of sp³-hybridized carbons (Fsp3) is 0.538. The van der Waals surface area contributed by atoms with Crippen LogP contribution < -0.4 is 4.90 Å². The molecule has 3 rings (SSSR count). The van der Waals surface area contributed by atoms with Crippen LogP contribution in [0.25, 0.3) is 10.7 Å². The summed E-state index contributed by atoms with van der Waals surface area (Å²) in [5, 5.41) is 18.5. The quantitative estimate of drug-likeness (QED) is 0.924. The first-order valence-corrected chi connectivity index (χ1v) is 7.54. The summed E-state index contributed by atoms with van der Waals surface area (Å²) in [6.07, 6.45) is 2.02. The molecule has 0 saturated carbocycles. The minimum Gasteiger partial charge on any atom is -0.396 e. The molecule has 106 valence electrons. The molecule has 6 nitrogen and oxygen atoms in total. The zero-order valence-electron chi connectivity index (χ0n) is 11.4. The lowest BCUT2D eigenvalue weighted by Crippen LogP contribution is -2.35. The van der Waals surface area contributed by atoms with Crippen LogP contribution in [-0.4, -0.2) is 44.4 Å². The summed E-state index contributed by atoms with van der Waals surface area (Å²) in [7, 11) is 0. The molecule has 0 aromatic carbocycles. The van der Waals surface area contributed by atoms with Gasteiger partial charge in [-0.25, -0.2) is 4.98 Å². The number of piperidine rings is 1. The molecule has 7 heteroatoms. The average molecular weight is 291 g/mol. The molecular formula is C13H17N5OS. The molecule has 0 radical (unpaired) electrons. The molecule has 1 aliphatic heterocycles. The maximum atomic E-state index is 9.15. The highest BCUT2D eigenvalue weighted by Crippen LogP contribution is 2.23. The fourth-order valence-electron chi connectivity index (χ4n) is 2.35. The van der Waals surface area contributed by atoms with Crippen molar-refractivity contribution in [1.29, 1.82) is 0 Å². The topological polar surface area (TPSA) is 75.0 Å². The van der Waals surface area contributed by atoms with Crippen LogP contribution in [0.4, 0.5) is 5.82 Å². The molecule has 0 amide bonds. The largest absolute Gasteiger partial charge is 0.396 e. The lowest BCUT2D eigenvalue weighted by atomic mass is 9.98. The van der Waals surface area contributed by atoms with E-state index < -0.39 is 0 Å². The molecule has 0 spiro atoms. The van der Waals surface area contributed by atoms with Gasteiger partial charge in [0.2, 0.25) is 0 Å². The van der Waals surface area contributed by atoms with Gasteiger partial charge in [-0.3, -0.25) is 0 Å².